The highest BCUT2D eigenvalue weighted by Crippen LogP contribution is 2.33. The molecule has 9 heteroatoms. The lowest BCUT2D eigenvalue weighted by Gasteiger charge is -2.15. The lowest BCUT2D eigenvalue weighted by Crippen LogP contribution is -2.03. The number of anilines is 5. The average molecular weight is 462 g/mol. The summed E-state index contributed by atoms with van der Waals surface area (Å²) in [5.41, 5.74) is 2.61. The lowest BCUT2D eigenvalue weighted by molar-refractivity contribution is 0.395. The largest absolute Gasteiger partial charge is 0.497 e. The van der Waals surface area contributed by atoms with Crippen molar-refractivity contribution in [3.8, 4) is 11.5 Å². The Labute approximate surface area is 176 Å². The number of para-hydroxylation sites is 2. The van der Waals surface area contributed by atoms with Gasteiger partial charge in [0.15, 0.2) is 0 Å². The number of hydrogen-bond donors (Lipinski definition) is 3. The molecule has 0 amide bonds. The second kappa shape index (κ2) is 9.52. The number of halogens is 1. The van der Waals surface area contributed by atoms with Crippen LogP contribution in [0.5, 0.6) is 11.5 Å². The number of benzene rings is 2. The van der Waals surface area contributed by atoms with Crippen LogP contribution in [-0.4, -0.2) is 30.4 Å². The third-order valence-corrected chi connectivity index (χ3v) is 4.80. The summed E-state index contributed by atoms with van der Waals surface area (Å²) in [4.78, 5) is 8.92. The summed E-state index contributed by atoms with van der Waals surface area (Å²) in [6.45, 7) is 0. The molecule has 0 unspecified atom stereocenters. The number of hydrogen-bond acceptors (Lipinski definition) is 8. The summed E-state index contributed by atoms with van der Waals surface area (Å²) in [7, 11) is 3.21. The number of aromatic nitrogens is 2. The molecule has 3 N–H and O–H groups in total. The van der Waals surface area contributed by atoms with E-state index in [1.54, 1.807) is 26.5 Å². The fraction of sp³-hybridized carbons (Fsp3) is 0.158. The number of nitrogens with one attached hydrogen (secondary N) is 3. The average Bonchev–Trinajstić information content (AvgIpc) is 2.72. The molecular weight excluding hydrogens is 442 g/mol. The SMILES string of the molecule is COc1ccc(Nc2ncc(Br)c(Nc3ccccc3NSC)n2)c(OC)c1. The molecule has 3 rings (SSSR count). The third kappa shape index (κ3) is 4.79. The third-order valence-electron chi connectivity index (χ3n) is 3.79. The maximum absolute atomic E-state index is 5.42. The van der Waals surface area contributed by atoms with Crippen molar-refractivity contribution in [2.75, 3.05) is 35.8 Å². The Kier molecular flexibility index (Phi) is 6.83. The van der Waals surface area contributed by atoms with Crippen molar-refractivity contribution in [2.45, 2.75) is 0 Å². The summed E-state index contributed by atoms with van der Waals surface area (Å²) >= 11 is 5.03. The topological polar surface area (TPSA) is 80.3 Å². The minimum absolute atomic E-state index is 0.435. The molecule has 0 atom stereocenters. The molecule has 0 bridgehead atoms. The summed E-state index contributed by atoms with van der Waals surface area (Å²) in [6, 6.07) is 13.4. The zero-order valence-electron chi connectivity index (χ0n) is 15.6. The van der Waals surface area contributed by atoms with Crippen LogP contribution in [0.2, 0.25) is 0 Å². The Hall–Kier alpha value is -2.65. The van der Waals surface area contributed by atoms with Gasteiger partial charge >= 0.3 is 0 Å². The summed E-state index contributed by atoms with van der Waals surface area (Å²) in [5.74, 6) is 2.42. The normalized spacial score (nSPS) is 10.3. The molecule has 3 aromatic rings. The van der Waals surface area contributed by atoms with Crippen LogP contribution in [0, 0.1) is 0 Å². The molecule has 146 valence electrons. The molecule has 0 radical (unpaired) electrons. The van der Waals surface area contributed by atoms with E-state index < -0.39 is 0 Å². The molecule has 0 saturated heterocycles. The van der Waals surface area contributed by atoms with Crippen LogP contribution in [0.3, 0.4) is 0 Å². The number of rotatable bonds is 8. The molecule has 0 spiro atoms. The zero-order chi connectivity index (χ0) is 19.9. The van der Waals surface area contributed by atoms with Gasteiger partial charge in [0.05, 0.1) is 35.8 Å². The van der Waals surface area contributed by atoms with Crippen molar-refractivity contribution in [3.05, 3.63) is 53.1 Å². The maximum Gasteiger partial charge on any atom is 0.229 e. The molecule has 28 heavy (non-hydrogen) atoms. The van der Waals surface area contributed by atoms with E-state index in [9.17, 15) is 0 Å². The Bertz CT molecular complexity index is 957. The second-order valence-corrected chi connectivity index (χ2v) is 7.02. The van der Waals surface area contributed by atoms with Gasteiger partial charge in [-0.3, -0.25) is 0 Å². The second-order valence-electron chi connectivity index (χ2n) is 5.56. The molecule has 0 aliphatic rings. The van der Waals surface area contributed by atoms with Crippen molar-refractivity contribution in [1.82, 2.24) is 9.97 Å². The lowest BCUT2D eigenvalue weighted by atomic mass is 10.2. The molecule has 1 aromatic heterocycles. The van der Waals surface area contributed by atoms with Gasteiger partial charge in [0.25, 0.3) is 0 Å². The van der Waals surface area contributed by atoms with Crippen molar-refractivity contribution < 1.29 is 9.47 Å². The van der Waals surface area contributed by atoms with Gasteiger partial charge in [-0.25, -0.2) is 4.98 Å². The summed E-state index contributed by atoms with van der Waals surface area (Å²) in [6.07, 6.45) is 3.67. The highest BCUT2D eigenvalue weighted by atomic mass is 79.9. The maximum atomic E-state index is 5.42. The van der Waals surface area contributed by atoms with Crippen molar-refractivity contribution in [1.29, 1.82) is 0 Å². The fourth-order valence-electron chi connectivity index (χ4n) is 2.46. The van der Waals surface area contributed by atoms with Gasteiger partial charge in [0, 0.05) is 18.5 Å². The first-order valence-corrected chi connectivity index (χ1v) is 10.3. The molecule has 0 saturated carbocycles. The molecule has 0 aliphatic carbocycles. The standard InChI is InChI=1S/C19H20BrN5O2S/c1-26-12-8-9-16(17(10-12)27-2)23-19-21-11-13(20)18(24-19)22-14-6-4-5-7-15(14)25-28-3/h4-11,25H,1-3H3,(H2,21,22,23,24). The molecule has 0 aliphatic heterocycles. The minimum Gasteiger partial charge on any atom is -0.497 e. The highest BCUT2D eigenvalue weighted by molar-refractivity contribution is 9.10. The van der Waals surface area contributed by atoms with E-state index >= 15 is 0 Å². The van der Waals surface area contributed by atoms with Gasteiger partial charge in [-0.2, -0.15) is 4.98 Å². The van der Waals surface area contributed by atoms with E-state index in [2.05, 4.69) is 41.3 Å². The van der Waals surface area contributed by atoms with Gasteiger partial charge in [0.2, 0.25) is 5.95 Å². The minimum atomic E-state index is 0.435. The van der Waals surface area contributed by atoms with Crippen molar-refractivity contribution in [2.24, 2.45) is 0 Å². The first-order valence-electron chi connectivity index (χ1n) is 8.31. The first-order chi connectivity index (χ1) is 13.6. The van der Waals surface area contributed by atoms with Crippen LogP contribution >= 0.6 is 27.9 Å². The number of nitrogens with zero attached hydrogens (tertiary/aromatic N) is 2. The van der Waals surface area contributed by atoms with Gasteiger partial charge < -0.3 is 24.8 Å². The van der Waals surface area contributed by atoms with E-state index in [0.29, 0.717) is 23.3 Å². The molecule has 7 nitrogen and oxygen atoms in total. The van der Waals surface area contributed by atoms with Crippen molar-refractivity contribution in [3.63, 3.8) is 0 Å². The smallest absolute Gasteiger partial charge is 0.229 e. The first kappa shape index (κ1) is 20.1. The molecule has 0 fully saturated rings. The van der Waals surface area contributed by atoms with E-state index in [1.807, 2.05) is 42.7 Å². The van der Waals surface area contributed by atoms with E-state index in [4.69, 9.17) is 9.47 Å². The van der Waals surface area contributed by atoms with E-state index in [0.717, 1.165) is 21.5 Å². The van der Waals surface area contributed by atoms with Crippen LogP contribution in [0.4, 0.5) is 28.8 Å². The van der Waals surface area contributed by atoms with Gasteiger partial charge in [-0.15, -0.1) is 0 Å². The zero-order valence-corrected chi connectivity index (χ0v) is 18.0. The van der Waals surface area contributed by atoms with Crippen LogP contribution in [0.25, 0.3) is 0 Å². The highest BCUT2D eigenvalue weighted by Gasteiger charge is 2.11. The Morgan fingerprint density at radius 1 is 0.964 bits per heavy atom. The monoisotopic (exact) mass is 461 g/mol. The van der Waals surface area contributed by atoms with Gasteiger partial charge in [0.1, 0.15) is 17.3 Å². The van der Waals surface area contributed by atoms with E-state index in [-0.39, 0.29) is 0 Å². The van der Waals surface area contributed by atoms with Crippen LogP contribution in [0.1, 0.15) is 0 Å². The van der Waals surface area contributed by atoms with Gasteiger partial charge in [-0.1, -0.05) is 24.1 Å². The Balaban J connectivity index is 1.86. The quantitative estimate of drug-likeness (QED) is 0.383. The molecular formula is C19H20BrN5O2S. The summed E-state index contributed by atoms with van der Waals surface area (Å²) < 4.78 is 14.6. The van der Waals surface area contributed by atoms with Crippen LogP contribution in [0.15, 0.2) is 53.1 Å². The Morgan fingerprint density at radius 3 is 2.46 bits per heavy atom. The van der Waals surface area contributed by atoms with Crippen LogP contribution < -0.4 is 24.8 Å². The number of ether oxygens (including phenoxy) is 2. The predicted octanol–water partition coefficient (Wildman–Crippen LogP) is 5.43. The van der Waals surface area contributed by atoms with E-state index in [1.165, 1.54) is 11.9 Å². The fourth-order valence-corrected chi connectivity index (χ4v) is 3.14. The van der Waals surface area contributed by atoms with Crippen molar-refractivity contribution >= 4 is 56.7 Å². The Morgan fingerprint density at radius 2 is 1.75 bits per heavy atom. The summed E-state index contributed by atoms with van der Waals surface area (Å²) in [5, 5.41) is 6.52. The van der Waals surface area contributed by atoms with Gasteiger partial charge in [-0.05, 0) is 40.2 Å². The van der Waals surface area contributed by atoms with Crippen LogP contribution in [-0.2, 0) is 0 Å². The predicted molar refractivity (Wildman–Crippen MR) is 119 cm³/mol. The molecule has 1 heterocycles. The molecule has 2 aromatic carbocycles. The number of methoxy groups -OCH3 is 2.